The maximum absolute atomic E-state index is 3.12. The average molecular weight is 452 g/mol. The first-order valence-corrected chi connectivity index (χ1v) is 21.9. The fraction of sp³-hybridized carbons (Fsp3) is 0.429. The van der Waals surface area contributed by atoms with Crippen LogP contribution in [0.4, 0.5) is 0 Å². The van der Waals surface area contributed by atoms with Crippen molar-refractivity contribution in [1.29, 1.82) is 0 Å². The second-order valence-corrected chi connectivity index (χ2v) is 33.8. The van der Waals surface area contributed by atoms with Crippen LogP contribution in [0.15, 0.2) is 60.7 Å². The van der Waals surface area contributed by atoms with Gasteiger partial charge in [0.15, 0.2) is 0 Å². The van der Waals surface area contributed by atoms with E-state index in [2.05, 4.69) is 99.8 Å². The standard InChI is InChI=1S/2C9H7.2C4H9.C2H7Si.Ti/c2*1-2-5-9-7-3-6-8(9)4-1;2*1-3-4-2;1-3-2;/h2*1-7H;2*1,3-4H2,2H3;3H,1-2H3;. The van der Waals surface area contributed by atoms with Crippen LogP contribution >= 0.6 is 0 Å². The van der Waals surface area contributed by atoms with E-state index in [9.17, 15) is 0 Å². The molecule has 0 spiro atoms. The van der Waals surface area contributed by atoms with Gasteiger partial charge < -0.3 is 0 Å². The van der Waals surface area contributed by atoms with Crippen molar-refractivity contribution in [3.63, 3.8) is 0 Å². The fourth-order valence-corrected chi connectivity index (χ4v) is 37.9. The quantitative estimate of drug-likeness (QED) is 0.335. The summed E-state index contributed by atoms with van der Waals surface area (Å²) in [5.74, 6) is 0. The molecule has 4 rings (SSSR count). The van der Waals surface area contributed by atoms with Crippen LogP contribution in [0.1, 0.15) is 70.2 Å². The van der Waals surface area contributed by atoms with Gasteiger partial charge >= 0.3 is 187 Å². The molecule has 0 saturated heterocycles. The van der Waals surface area contributed by atoms with E-state index in [4.69, 9.17) is 0 Å². The summed E-state index contributed by atoms with van der Waals surface area (Å²) in [7, 11) is 0. The Morgan fingerprint density at radius 1 is 0.700 bits per heavy atom. The zero-order valence-corrected chi connectivity index (χ0v) is 22.1. The number of hydrogen-bond donors (Lipinski definition) is 0. The molecule has 0 fully saturated rings. The van der Waals surface area contributed by atoms with Gasteiger partial charge in [-0.05, 0) is 0 Å². The summed E-state index contributed by atoms with van der Waals surface area (Å²) in [6.07, 6.45) is 15.8. The normalized spacial score (nSPS) is 20.9. The van der Waals surface area contributed by atoms with Crippen molar-refractivity contribution >= 4 is 18.8 Å². The van der Waals surface area contributed by atoms with Gasteiger partial charge in [-0.1, -0.05) is 0 Å². The molecule has 2 atom stereocenters. The third-order valence-electron chi connectivity index (χ3n) is 8.96. The van der Waals surface area contributed by atoms with Crippen molar-refractivity contribution in [3.05, 3.63) is 82.9 Å². The maximum atomic E-state index is 2.74. The number of fused-ring (bicyclic) bond motifs is 2. The van der Waals surface area contributed by atoms with E-state index in [1.54, 1.807) is 11.1 Å². The van der Waals surface area contributed by atoms with Gasteiger partial charge in [0.2, 0.25) is 0 Å². The first kappa shape index (κ1) is 22.1. The SMILES string of the molecule is CCC[CH2][Ti]([CH2]CCC)([CH]1C=Cc2ccccc21)([CH]1C=Cc2ccccc21)[SiH](C)C. The Kier molecular flexibility index (Phi) is 6.45. The molecule has 30 heavy (non-hydrogen) atoms. The van der Waals surface area contributed by atoms with E-state index in [-0.39, 0.29) is 0 Å². The molecule has 0 aromatic heterocycles. The number of rotatable bonds is 9. The van der Waals surface area contributed by atoms with Gasteiger partial charge in [-0.2, -0.15) is 0 Å². The molecular weight excluding hydrogens is 412 g/mol. The Morgan fingerprint density at radius 2 is 1.13 bits per heavy atom. The second-order valence-electron chi connectivity index (χ2n) is 10.3. The summed E-state index contributed by atoms with van der Waals surface area (Å²) in [5.41, 5.74) is 6.33. The van der Waals surface area contributed by atoms with Crippen LogP contribution in [-0.2, 0) is 14.6 Å². The van der Waals surface area contributed by atoms with Crippen molar-refractivity contribution in [3.8, 4) is 0 Å². The topological polar surface area (TPSA) is 0 Å². The molecule has 0 nitrogen and oxygen atoms in total. The molecule has 0 N–H and O–H groups in total. The van der Waals surface area contributed by atoms with Crippen molar-refractivity contribution in [2.75, 3.05) is 0 Å². The van der Waals surface area contributed by atoms with Gasteiger partial charge in [-0.25, -0.2) is 0 Å². The molecule has 2 unspecified atom stereocenters. The second kappa shape index (κ2) is 8.77. The molecule has 0 bridgehead atoms. The third kappa shape index (κ3) is 3.20. The van der Waals surface area contributed by atoms with Gasteiger partial charge in [0.25, 0.3) is 0 Å². The summed E-state index contributed by atoms with van der Waals surface area (Å²) in [6, 6.07) is 18.7. The summed E-state index contributed by atoms with van der Waals surface area (Å²) in [5, 5.41) is 0. The average Bonchev–Trinajstić information content (AvgIpc) is 3.40. The van der Waals surface area contributed by atoms with E-state index < -0.39 is 21.2 Å². The molecule has 0 saturated carbocycles. The molecule has 2 aliphatic rings. The van der Waals surface area contributed by atoms with E-state index in [1.165, 1.54) is 46.3 Å². The summed E-state index contributed by atoms with van der Waals surface area (Å²) in [6.45, 7) is 9.33. The fourth-order valence-electron chi connectivity index (χ4n) is 7.24. The summed E-state index contributed by atoms with van der Waals surface area (Å²) >= 11 is -3.12. The van der Waals surface area contributed by atoms with Gasteiger partial charge in [0.05, 0.1) is 0 Å². The number of benzene rings is 2. The minimum atomic E-state index is -3.12. The minimum absolute atomic E-state index is 0.712. The molecule has 0 heterocycles. The van der Waals surface area contributed by atoms with Crippen LogP contribution in [0.25, 0.3) is 12.2 Å². The molecule has 2 aromatic rings. The van der Waals surface area contributed by atoms with Gasteiger partial charge in [0.1, 0.15) is 0 Å². The van der Waals surface area contributed by atoms with E-state index in [1.807, 2.05) is 0 Å². The first-order chi connectivity index (χ1) is 14.6. The summed E-state index contributed by atoms with van der Waals surface area (Å²) < 4.78 is 4.49. The summed E-state index contributed by atoms with van der Waals surface area (Å²) in [4.78, 5) is 0. The Hall–Kier alpha value is -1.15. The van der Waals surface area contributed by atoms with Crippen molar-refractivity contribution in [2.24, 2.45) is 0 Å². The zero-order chi connectivity index (χ0) is 21.2. The molecule has 2 aliphatic carbocycles. The van der Waals surface area contributed by atoms with Crippen LogP contribution in [0.2, 0.25) is 22.5 Å². The Labute approximate surface area is 186 Å². The van der Waals surface area contributed by atoms with Crippen molar-refractivity contribution in [1.82, 2.24) is 0 Å². The molecule has 0 aliphatic heterocycles. The molecular formula is C28H39SiTi. The molecule has 2 aromatic carbocycles. The van der Waals surface area contributed by atoms with E-state index in [0.29, 0.717) is 8.45 Å². The monoisotopic (exact) mass is 451 g/mol. The van der Waals surface area contributed by atoms with Crippen molar-refractivity contribution < 1.29 is 14.6 Å². The van der Waals surface area contributed by atoms with Crippen LogP contribution < -0.4 is 0 Å². The number of unbranched alkanes of at least 4 members (excludes halogenated alkanes) is 2. The molecule has 2 heteroatoms. The Morgan fingerprint density at radius 3 is 1.53 bits per heavy atom. The molecule has 0 amide bonds. The van der Waals surface area contributed by atoms with Gasteiger partial charge in [0, 0.05) is 0 Å². The van der Waals surface area contributed by atoms with E-state index >= 15 is 0 Å². The van der Waals surface area contributed by atoms with Crippen LogP contribution in [-0.4, -0.2) is 6.66 Å². The van der Waals surface area contributed by atoms with Crippen LogP contribution in [0.5, 0.6) is 0 Å². The van der Waals surface area contributed by atoms with Gasteiger partial charge in [-0.3, -0.25) is 0 Å². The Bertz CT molecular complexity index is 881. The predicted molar refractivity (Wildman–Crippen MR) is 135 cm³/mol. The zero-order valence-electron chi connectivity index (χ0n) is 19.4. The number of allylic oxidation sites excluding steroid dienone is 2. The molecule has 0 radical (unpaired) electrons. The van der Waals surface area contributed by atoms with Crippen molar-refractivity contribution in [2.45, 2.75) is 70.5 Å². The van der Waals surface area contributed by atoms with Crippen LogP contribution in [0, 0.1) is 0 Å². The third-order valence-corrected chi connectivity index (χ3v) is 42.6. The van der Waals surface area contributed by atoms with Gasteiger partial charge in [-0.15, -0.1) is 0 Å². The first-order valence-electron chi connectivity index (χ1n) is 12.3. The van der Waals surface area contributed by atoms with Crippen LogP contribution in [0.3, 0.4) is 0 Å². The Balaban J connectivity index is 2.01. The van der Waals surface area contributed by atoms with E-state index in [0.717, 1.165) is 0 Å². The molecule has 159 valence electrons. The number of hydrogen-bond acceptors (Lipinski definition) is 0. The predicted octanol–water partition coefficient (Wildman–Crippen LogP) is 8.63.